The number of nitrogens with one attached hydrogen (secondary N) is 2. The molecule has 1 aromatic carbocycles. The van der Waals surface area contributed by atoms with Crippen LogP contribution < -0.4 is 5.32 Å². The summed E-state index contributed by atoms with van der Waals surface area (Å²) < 4.78 is 4.52. The van der Waals surface area contributed by atoms with Crippen molar-refractivity contribution < 1.29 is 4.79 Å². The van der Waals surface area contributed by atoms with Crippen molar-refractivity contribution in [3.8, 4) is 11.3 Å². The van der Waals surface area contributed by atoms with Gasteiger partial charge in [0.05, 0.1) is 22.5 Å². The molecule has 1 saturated heterocycles. The number of hydrogen-bond acceptors (Lipinski definition) is 4. The number of aryl methyl sites for hydroxylation is 1. The summed E-state index contributed by atoms with van der Waals surface area (Å²) in [5.41, 5.74) is 2.60. The van der Waals surface area contributed by atoms with Crippen molar-refractivity contribution in [2.24, 2.45) is 0 Å². The molecule has 5 nitrogen and oxygen atoms in total. The lowest BCUT2D eigenvalue weighted by Gasteiger charge is -2.38. The molecule has 22 heavy (non-hydrogen) atoms. The van der Waals surface area contributed by atoms with Crippen LogP contribution in [0.25, 0.3) is 11.3 Å². The zero-order chi connectivity index (χ0) is 15.9. The van der Waals surface area contributed by atoms with E-state index in [1.165, 1.54) is 22.0 Å². The van der Waals surface area contributed by atoms with Crippen molar-refractivity contribution in [1.29, 1.82) is 5.41 Å². The molecule has 0 spiro atoms. The van der Waals surface area contributed by atoms with Gasteiger partial charge in [0.2, 0.25) is 5.91 Å². The lowest BCUT2D eigenvalue weighted by molar-refractivity contribution is -0.129. The molecule has 1 atom stereocenters. The number of rotatable bonds is 2. The fourth-order valence-electron chi connectivity index (χ4n) is 2.56. The molecule has 1 amide bonds. The van der Waals surface area contributed by atoms with Crippen molar-refractivity contribution in [3.05, 3.63) is 40.8 Å². The molecule has 1 aliphatic heterocycles. The summed E-state index contributed by atoms with van der Waals surface area (Å²) in [5.74, 6) is 0.0704. The van der Waals surface area contributed by atoms with E-state index in [0.29, 0.717) is 6.42 Å². The Morgan fingerprint density at radius 1 is 1.41 bits per heavy atom. The number of hydrogen-bond donors (Lipinski definition) is 2. The lowest BCUT2D eigenvalue weighted by Crippen LogP contribution is -2.57. The molecule has 2 aromatic rings. The van der Waals surface area contributed by atoms with E-state index in [1.54, 1.807) is 7.05 Å². The minimum atomic E-state index is -0.569. The van der Waals surface area contributed by atoms with E-state index in [1.807, 2.05) is 25.1 Å². The third-order valence-electron chi connectivity index (χ3n) is 3.98. The summed E-state index contributed by atoms with van der Waals surface area (Å²) in [6.45, 7) is 4.00. The van der Waals surface area contributed by atoms with Crippen LogP contribution in [0.15, 0.2) is 30.3 Å². The second-order valence-electron chi connectivity index (χ2n) is 5.88. The Morgan fingerprint density at radius 2 is 2.18 bits per heavy atom. The number of carbonyl (C=O) groups is 1. The number of aromatic nitrogens is 1. The maximum absolute atomic E-state index is 12.0. The van der Waals surface area contributed by atoms with Crippen LogP contribution in [-0.4, -0.2) is 28.2 Å². The molecule has 3 rings (SSSR count). The van der Waals surface area contributed by atoms with Gasteiger partial charge >= 0.3 is 0 Å². The highest BCUT2D eigenvalue weighted by Crippen LogP contribution is 2.34. The SMILES string of the molecule is Cc1cccc(-c2cc([C@]3(C)CC(=O)N(C)C(=N)N3)sn2)c1. The minimum Gasteiger partial charge on any atom is -0.345 e. The van der Waals surface area contributed by atoms with Crippen LogP contribution in [0.4, 0.5) is 0 Å². The second-order valence-corrected chi connectivity index (χ2v) is 6.69. The molecule has 6 heteroatoms. The fourth-order valence-corrected chi connectivity index (χ4v) is 3.40. The van der Waals surface area contributed by atoms with Crippen LogP contribution in [0, 0.1) is 12.3 Å². The molecular weight excluding hydrogens is 296 g/mol. The number of benzene rings is 1. The van der Waals surface area contributed by atoms with Gasteiger partial charge < -0.3 is 5.32 Å². The largest absolute Gasteiger partial charge is 0.345 e. The standard InChI is InChI=1S/C16H18N4OS/c1-10-5-4-6-11(7-10)12-8-13(22-19-12)16(2)9-14(21)20(3)15(17)18-16/h4-8H,9H2,1-3H3,(H2,17,18)/t16-/m0/s1. The number of amides is 1. The van der Waals surface area contributed by atoms with Gasteiger partial charge in [0.15, 0.2) is 5.96 Å². The predicted molar refractivity (Wildman–Crippen MR) is 87.9 cm³/mol. The quantitative estimate of drug-likeness (QED) is 0.895. The Bertz CT molecular complexity index is 734. The predicted octanol–water partition coefficient (Wildman–Crippen LogP) is 2.72. The van der Waals surface area contributed by atoms with Gasteiger partial charge in [-0.1, -0.05) is 23.8 Å². The van der Waals surface area contributed by atoms with Gasteiger partial charge in [-0.15, -0.1) is 0 Å². The summed E-state index contributed by atoms with van der Waals surface area (Å²) in [7, 11) is 1.61. The molecule has 0 bridgehead atoms. The maximum Gasteiger partial charge on any atom is 0.231 e. The Kier molecular flexibility index (Phi) is 3.48. The third-order valence-corrected chi connectivity index (χ3v) is 5.03. The van der Waals surface area contributed by atoms with Crippen LogP contribution in [0.1, 0.15) is 23.8 Å². The van der Waals surface area contributed by atoms with Gasteiger partial charge in [-0.25, -0.2) is 0 Å². The monoisotopic (exact) mass is 314 g/mol. The first-order chi connectivity index (χ1) is 10.4. The molecule has 1 aliphatic rings. The maximum atomic E-state index is 12.0. The smallest absolute Gasteiger partial charge is 0.231 e. The van der Waals surface area contributed by atoms with E-state index >= 15 is 0 Å². The van der Waals surface area contributed by atoms with Crippen LogP contribution in [0.3, 0.4) is 0 Å². The van der Waals surface area contributed by atoms with Gasteiger partial charge in [-0.2, -0.15) is 4.37 Å². The average Bonchev–Trinajstić information content (AvgIpc) is 2.95. The zero-order valence-electron chi connectivity index (χ0n) is 12.8. The fraction of sp³-hybridized carbons (Fsp3) is 0.312. The average molecular weight is 314 g/mol. The molecule has 2 N–H and O–H groups in total. The lowest BCUT2D eigenvalue weighted by atomic mass is 9.92. The molecule has 0 radical (unpaired) electrons. The molecule has 0 unspecified atom stereocenters. The number of carbonyl (C=O) groups excluding carboxylic acids is 1. The van der Waals surface area contributed by atoms with Gasteiger partial charge in [-0.3, -0.25) is 15.1 Å². The third kappa shape index (κ3) is 2.50. The minimum absolute atomic E-state index is 0.0586. The molecule has 1 fully saturated rings. The van der Waals surface area contributed by atoms with Gasteiger partial charge in [-0.05, 0) is 37.5 Å². The van der Waals surface area contributed by atoms with Gasteiger partial charge in [0, 0.05) is 12.6 Å². The van der Waals surface area contributed by atoms with Crippen molar-refractivity contribution in [2.75, 3.05) is 7.05 Å². The van der Waals surface area contributed by atoms with Crippen LogP contribution in [0.5, 0.6) is 0 Å². The van der Waals surface area contributed by atoms with E-state index in [0.717, 1.165) is 16.1 Å². The van der Waals surface area contributed by atoms with Gasteiger partial charge in [0.25, 0.3) is 0 Å². The highest BCUT2D eigenvalue weighted by Gasteiger charge is 2.39. The summed E-state index contributed by atoms with van der Waals surface area (Å²) in [6.07, 6.45) is 0.321. The Labute approximate surface area is 133 Å². The molecule has 114 valence electrons. The molecule has 1 aromatic heterocycles. The molecule has 0 aliphatic carbocycles. The van der Waals surface area contributed by atoms with Crippen molar-refractivity contribution in [3.63, 3.8) is 0 Å². The number of nitrogens with zero attached hydrogens (tertiary/aromatic N) is 2. The van der Waals surface area contributed by atoms with Gasteiger partial charge in [0.1, 0.15) is 0 Å². The van der Waals surface area contributed by atoms with E-state index in [9.17, 15) is 4.79 Å². The summed E-state index contributed by atoms with van der Waals surface area (Å²) in [6, 6.07) is 10.2. The molecular formula is C16H18N4OS. The van der Waals surface area contributed by atoms with E-state index in [2.05, 4.69) is 28.7 Å². The Morgan fingerprint density at radius 3 is 2.86 bits per heavy atom. The molecule has 0 saturated carbocycles. The Balaban J connectivity index is 1.93. The zero-order valence-corrected chi connectivity index (χ0v) is 13.6. The first-order valence-electron chi connectivity index (χ1n) is 7.06. The van der Waals surface area contributed by atoms with Crippen molar-refractivity contribution >= 4 is 23.4 Å². The van der Waals surface area contributed by atoms with Crippen LogP contribution in [-0.2, 0) is 10.3 Å². The Hall–Kier alpha value is -2.21. The number of guanidine groups is 1. The van der Waals surface area contributed by atoms with E-state index < -0.39 is 5.54 Å². The van der Waals surface area contributed by atoms with E-state index in [-0.39, 0.29) is 11.9 Å². The normalized spacial score (nSPS) is 21.9. The van der Waals surface area contributed by atoms with Crippen LogP contribution >= 0.6 is 11.5 Å². The second kappa shape index (κ2) is 5.21. The highest BCUT2D eigenvalue weighted by atomic mass is 32.1. The topological polar surface area (TPSA) is 69.1 Å². The first-order valence-corrected chi connectivity index (χ1v) is 7.84. The summed E-state index contributed by atoms with van der Waals surface area (Å²) >= 11 is 1.38. The van der Waals surface area contributed by atoms with Crippen molar-refractivity contribution in [2.45, 2.75) is 25.8 Å². The first kappa shape index (κ1) is 14.7. The summed E-state index contributed by atoms with van der Waals surface area (Å²) in [5, 5.41) is 11.0. The van der Waals surface area contributed by atoms with Crippen molar-refractivity contribution in [1.82, 2.24) is 14.6 Å². The van der Waals surface area contributed by atoms with E-state index in [4.69, 9.17) is 5.41 Å². The summed E-state index contributed by atoms with van der Waals surface area (Å²) in [4.78, 5) is 14.3. The highest BCUT2D eigenvalue weighted by molar-refractivity contribution is 7.06. The van der Waals surface area contributed by atoms with Crippen LogP contribution in [0.2, 0.25) is 0 Å². The molecule has 2 heterocycles.